The van der Waals surface area contributed by atoms with E-state index in [0.29, 0.717) is 30.2 Å². The minimum atomic E-state index is -0.774. The molecule has 1 heterocycles. The molecule has 1 saturated heterocycles. The predicted molar refractivity (Wildman–Crippen MR) is 91.9 cm³/mol. The molecule has 0 spiro atoms. The molecule has 130 valence electrons. The molecule has 0 saturated carbocycles. The molecule has 0 unspecified atom stereocenters. The van der Waals surface area contributed by atoms with Gasteiger partial charge in [0.15, 0.2) is 5.62 Å². The number of methoxy groups -OCH3 is 2. The molecule has 2 amide bonds. The zero-order valence-corrected chi connectivity index (χ0v) is 15.0. The van der Waals surface area contributed by atoms with E-state index in [9.17, 15) is 9.59 Å². The van der Waals surface area contributed by atoms with Crippen molar-refractivity contribution >= 4 is 29.5 Å². The summed E-state index contributed by atoms with van der Waals surface area (Å²) in [5.74, 6) is 0.366. The first-order valence-corrected chi connectivity index (χ1v) is 8.11. The fourth-order valence-electron chi connectivity index (χ4n) is 2.58. The summed E-state index contributed by atoms with van der Waals surface area (Å²) >= 11 is 6.25. The van der Waals surface area contributed by atoms with E-state index in [1.54, 1.807) is 25.3 Å². The van der Waals surface area contributed by atoms with Crippen LogP contribution in [0, 0.1) is 0 Å². The summed E-state index contributed by atoms with van der Waals surface area (Å²) < 4.78 is 10.5. The van der Waals surface area contributed by atoms with Crippen LogP contribution in [0.3, 0.4) is 0 Å². The Labute approximate surface area is 146 Å². The van der Waals surface area contributed by atoms with Crippen LogP contribution in [0.25, 0.3) is 6.08 Å². The van der Waals surface area contributed by atoms with Crippen molar-refractivity contribution in [1.82, 2.24) is 9.80 Å². The van der Waals surface area contributed by atoms with Crippen LogP contribution in [-0.2, 0) is 9.59 Å². The lowest BCUT2D eigenvalue weighted by Gasteiger charge is -2.39. The molecule has 1 aromatic carbocycles. The van der Waals surface area contributed by atoms with Crippen LogP contribution < -0.4 is 9.47 Å². The first-order chi connectivity index (χ1) is 11.5. The summed E-state index contributed by atoms with van der Waals surface area (Å²) in [5.41, 5.74) is -0.125. The molecule has 7 heteroatoms. The minimum Gasteiger partial charge on any atom is -0.497 e. The molecule has 1 fully saturated rings. The fourth-order valence-corrected chi connectivity index (χ4v) is 3.04. The SMILES string of the molecule is CCN1C(=O)C(=Cc2cc(OC)ccc2OC)C(=O)N(CC)C1Cl. The smallest absolute Gasteiger partial charge is 0.262 e. The summed E-state index contributed by atoms with van der Waals surface area (Å²) in [6.45, 7) is 4.45. The summed E-state index contributed by atoms with van der Waals surface area (Å²) in [4.78, 5) is 28.2. The third-order valence-electron chi connectivity index (χ3n) is 3.91. The number of benzene rings is 1. The quantitative estimate of drug-likeness (QED) is 0.353. The maximum atomic E-state index is 12.7. The van der Waals surface area contributed by atoms with E-state index < -0.39 is 17.4 Å². The first kappa shape index (κ1) is 18.1. The third kappa shape index (κ3) is 3.19. The van der Waals surface area contributed by atoms with Crippen LogP contribution in [0.5, 0.6) is 11.5 Å². The number of hydrogen-bond donors (Lipinski definition) is 0. The van der Waals surface area contributed by atoms with Gasteiger partial charge in [-0.2, -0.15) is 0 Å². The number of rotatable bonds is 5. The number of hydrogen-bond acceptors (Lipinski definition) is 4. The lowest BCUT2D eigenvalue weighted by atomic mass is 10.1. The lowest BCUT2D eigenvalue weighted by Crippen LogP contribution is -2.57. The van der Waals surface area contributed by atoms with Gasteiger partial charge in [0.1, 0.15) is 17.1 Å². The first-order valence-electron chi connectivity index (χ1n) is 7.68. The zero-order chi connectivity index (χ0) is 17.9. The molecule has 1 aliphatic heterocycles. The molecular formula is C17H21ClN2O4. The molecule has 0 bridgehead atoms. The Morgan fingerprint density at radius 2 is 1.67 bits per heavy atom. The van der Waals surface area contributed by atoms with Crippen molar-refractivity contribution in [2.75, 3.05) is 27.3 Å². The van der Waals surface area contributed by atoms with Crippen LogP contribution in [0.2, 0.25) is 0 Å². The van der Waals surface area contributed by atoms with Crippen LogP contribution in [0.15, 0.2) is 23.8 Å². The molecule has 24 heavy (non-hydrogen) atoms. The van der Waals surface area contributed by atoms with Gasteiger partial charge in [0.2, 0.25) is 0 Å². The van der Waals surface area contributed by atoms with Crippen molar-refractivity contribution in [2.24, 2.45) is 0 Å². The standard InChI is InChI=1S/C17H21ClN2O4/c1-5-19-15(21)13(16(22)20(6-2)17(19)18)10-11-9-12(23-3)7-8-14(11)24-4/h7-10,17H,5-6H2,1-4H3. The number of carbonyl (C=O) groups excluding carboxylic acids is 2. The Kier molecular flexibility index (Phi) is 5.72. The van der Waals surface area contributed by atoms with Crippen LogP contribution in [0.1, 0.15) is 19.4 Å². The van der Waals surface area contributed by atoms with E-state index in [-0.39, 0.29) is 5.57 Å². The van der Waals surface area contributed by atoms with E-state index in [4.69, 9.17) is 21.1 Å². The van der Waals surface area contributed by atoms with E-state index in [1.165, 1.54) is 23.0 Å². The van der Waals surface area contributed by atoms with Gasteiger partial charge in [-0.15, -0.1) is 0 Å². The van der Waals surface area contributed by atoms with Gasteiger partial charge in [0.25, 0.3) is 11.8 Å². The lowest BCUT2D eigenvalue weighted by molar-refractivity contribution is -0.145. The molecule has 0 N–H and O–H groups in total. The molecule has 0 aliphatic carbocycles. The molecule has 6 nitrogen and oxygen atoms in total. The Morgan fingerprint density at radius 1 is 1.08 bits per heavy atom. The van der Waals surface area contributed by atoms with Gasteiger partial charge >= 0.3 is 0 Å². The normalized spacial score (nSPS) is 18.0. The van der Waals surface area contributed by atoms with E-state index in [1.807, 2.05) is 13.8 Å². The monoisotopic (exact) mass is 352 g/mol. The van der Waals surface area contributed by atoms with Gasteiger partial charge in [-0.1, -0.05) is 11.6 Å². The molecular weight excluding hydrogens is 332 g/mol. The molecule has 1 aromatic rings. The number of ether oxygens (including phenoxy) is 2. The number of amides is 2. The van der Waals surface area contributed by atoms with Crippen LogP contribution in [0.4, 0.5) is 0 Å². The average molecular weight is 353 g/mol. The molecule has 0 aromatic heterocycles. The largest absolute Gasteiger partial charge is 0.497 e. The highest BCUT2D eigenvalue weighted by atomic mass is 35.5. The Morgan fingerprint density at radius 3 is 2.12 bits per heavy atom. The highest BCUT2D eigenvalue weighted by Gasteiger charge is 2.40. The Balaban J connectivity index is 2.54. The van der Waals surface area contributed by atoms with Gasteiger partial charge < -0.3 is 19.3 Å². The van der Waals surface area contributed by atoms with Crippen LogP contribution in [-0.4, -0.2) is 54.5 Å². The predicted octanol–water partition coefficient (Wildman–Crippen LogP) is 2.32. The van der Waals surface area contributed by atoms with Gasteiger partial charge in [-0.25, -0.2) is 0 Å². The third-order valence-corrected chi connectivity index (χ3v) is 4.39. The maximum absolute atomic E-state index is 12.7. The topological polar surface area (TPSA) is 59.1 Å². The summed E-state index contributed by atoms with van der Waals surface area (Å²) in [7, 11) is 3.07. The Bertz CT molecular complexity index is 649. The van der Waals surface area contributed by atoms with Gasteiger partial charge in [-0.05, 0) is 38.1 Å². The molecule has 1 aliphatic rings. The van der Waals surface area contributed by atoms with Crippen LogP contribution >= 0.6 is 11.6 Å². The van der Waals surface area contributed by atoms with E-state index in [2.05, 4.69) is 0 Å². The zero-order valence-electron chi connectivity index (χ0n) is 14.2. The second kappa shape index (κ2) is 7.57. The van der Waals surface area contributed by atoms with Crippen molar-refractivity contribution < 1.29 is 19.1 Å². The van der Waals surface area contributed by atoms with E-state index in [0.717, 1.165) is 0 Å². The van der Waals surface area contributed by atoms with Crippen molar-refractivity contribution in [3.05, 3.63) is 29.3 Å². The molecule has 2 rings (SSSR count). The number of halogens is 1. The maximum Gasteiger partial charge on any atom is 0.262 e. The van der Waals surface area contributed by atoms with Gasteiger partial charge in [-0.3, -0.25) is 9.59 Å². The van der Waals surface area contributed by atoms with E-state index >= 15 is 0 Å². The van der Waals surface area contributed by atoms with Crippen molar-refractivity contribution in [1.29, 1.82) is 0 Å². The Hall–Kier alpha value is -2.21. The highest BCUT2D eigenvalue weighted by molar-refractivity contribution is 6.30. The van der Waals surface area contributed by atoms with Crippen molar-refractivity contribution in [2.45, 2.75) is 19.5 Å². The molecule has 0 radical (unpaired) electrons. The minimum absolute atomic E-state index is 0.0575. The fraction of sp³-hybridized carbons (Fsp3) is 0.412. The number of carbonyl (C=O) groups is 2. The second-order valence-electron chi connectivity index (χ2n) is 5.16. The summed E-state index contributed by atoms with van der Waals surface area (Å²) in [5, 5.41) is 0. The average Bonchev–Trinajstić information content (AvgIpc) is 2.59. The van der Waals surface area contributed by atoms with Gasteiger partial charge in [0.05, 0.1) is 14.2 Å². The number of alkyl halides is 1. The summed E-state index contributed by atoms with van der Waals surface area (Å²) in [6, 6.07) is 5.19. The van der Waals surface area contributed by atoms with Gasteiger partial charge in [0, 0.05) is 18.7 Å². The number of nitrogens with zero attached hydrogens (tertiary/aromatic N) is 2. The van der Waals surface area contributed by atoms with Crippen molar-refractivity contribution in [3.8, 4) is 11.5 Å². The molecule has 0 atom stereocenters. The number of likely N-dealkylation sites (N-methyl/N-ethyl adjacent to an activating group) is 2. The highest BCUT2D eigenvalue weighted by Crippen LogP contribution is 2.29. The second-order valence-corrected chi connectivity index (χ2v) is 5.55. The summed E-state index contributed by atoms with van der Waals surface area (Å²) in [6.07, 6.45) is 1.53. The van der Waals surface area contributed by atoms with Crippen molar-refractivity contribution in [3.63, 3.8) is 0 Å².